The van der Waals surface area contributed by atoms with Gasteiger partial charge in [-0.05, 0) is 19.9 Å². The van der Waals surface area contributed by atoms with Crippen LogP contribution in [0, 0.1) is 12.7 Å². The highest BCUT2D eigenvalue weighted by Gasteiger charge is 2.10. The predicted octanol–water partition coefficient (Wildman–Crippen LogP) is 1.03. The summed E-state index contributed by atoms with van der Waals surface area (Å²) in [6.45, 7) is 3.66. The average molecular weight is 169 g/mol. The van der Waals surface area contributed by atoms with Gasteiger partial charge in [0.15, 0.2) is 0 Å². The van der Waals surface area contributed by atoms with Gasteiger partial charge < -0.3 is 11.5 Å². The van der Waals surface area contributed by atoms with Crippen molar-refractivity contribution in [3.05, 3.63) is 29.1 Å². The topological polar surface area (TPSA) is 53.7 Å². The van der Waals surface area contributed by atoms with Crippen LogP contribution in [0.5, 0.6) is 0 Å². The lowest BCUT2D eigenvalue weighted by Gasteiger charge is -2.08. The fraction of sp³-hybridized carbons (Fsp3) is 0.333. The molecular weight excluding hydrogens is 155 g/mol. The molecule has 0 aliphatic carbocycles. The molecule has 1 unspecified atom stereocenters. The Bertz CT molecular complexity index is 295. The molecule has 0 heterocycles. The third-order valence-corrected chi connectivity index (χ3v) is 1.95. The van der Waals surface area contributed by atoms with E-state index in [1.165, 1.54) is 6.07 Å². The van der Waals surface area contributed by atoms with E-state index in [0.717, 1.165) is 11.3 Å². The van der Waals surface area contributed by atoms with Crippen LogP contribution in [0.25, 0.3) is 0 Å². The summed E-state index contributed by atoms with van der Waals surface area (Å²) < 4.78 is 13.2. The zero-order valence-corrected chi connectivity index (χ0v) is 7.39. The first kappa shape index (κ1) is 9.16. The van der Waals surface area contributed by atoms with Gasteiger partial charge in [0.05, 0.1) is 0 Å². The number of halogens is 1. The molecule has 0 amide bonds. The molecule has 0 aliphatic rings. The van der Waals surface area contributed by atoms with Crippen LogP contribution in [0.4, 0.5) is 10.1 Å². The van der Waals surface area contributed by atoms with Crippen LogP contribution in [-0.2, 0) is 0 Å². The first-order chi connectivity index (χ1) is 5.52. The lowest BCUT2D eigenvalue weighted by molar-refractivity contribution is -0.255. The summed E-state index contributed by atoms with van der Waals surface area (Å²) >= 11 is 0. The minimum absolute atomic E-state index is 0.260. The molecule has 0 saturated heterocycles. The SMILES string of the molecule is Cc1cc(C(C)N)c(F)cc1[NH3+]. The first-order valence-corrected chi connectivity index (χ1v) is 3.90. The lowest BCUT2D eigenvalue weighted by Crippen LogP contribution is -2.41. The largest absolute Gasteiger partial charge is 0.325 e. The molecule has 1 aromatic rings. The summed E-state index contributed by atoms with van der Waals surface area (Å²) in [6.07, 6.45) is 0. The Morgan fingerprint density at radius 3 is 2.58 bits per heavy atom. The maximum Gasteiger partial charge on any atom is 0.133 e. The van der Waals surface area contributed by atoms with Crippen molar-refractivity contribution in [3.8, 4) is 0 Å². The van der Waals surface area contributed by atoms with E-state index in [9.17, 15) is 4.39 Å². The number of nitrogens with two attached hydrogens (primary N) is 1. The molecule has 0 bridgehead atoms. The monoisotopic (exact) mass is 169 g/mol. The molecule has 0 radical (unpaired) electrons. The average Bonchev–Trinajstić information content (AvgIpc) is 1.96. The number of quaternary nitrogens is 1. The molecule has 0 aliphatic heterocycles. The zero-order chi connectivity index (χ0) is 9.30. The normalized spacial score (nSPS) is 13.1. The van der Waals surface area contributed by atoms with Crippen LogP contribution >= 0.6 is 0 Å². The Morgan fingerprint density at radius 2 is 2.08 bits per heavy atom. The molecule has 0 saturated carbocycles. The predicted molar refractivity (Wildman–Crippen MR) is 46.3 cm³/mol. The second-order valence-electron chi connectivity index (χ2n) is 3.09. The summed E-state index contributed by atoms with van der Waals surface area (Å²) in [5, 5.41) is 0. The summed E-state index contributed by atoms with van der Waals surface area (Å²) in [7, 11) is 0. The van der Waals surface area contributed by atoms with Crippen molar-refractivity contribution >= 4 is 5.69 Å². The van der Waals surface area contributed by atoms with E-state index in [-0.39, 0.29) is 11.9 Å². The minimum atomic E-state index is -0.263. The van der Waals surface area contributed by atoms with E-state index < -0.39 is 0 Å². The van der Waals surface area contributed by atoms with Crippen LogP contribution in [0.3, 0.4) is 0 Å². The van der Waals surface area contributed by atoms with Gasteiger partial charge >= 0.3 is 0 Å². The Balaban J connectivity index is 3.23. The van der Waals surface area contributed by atoms with Gasteiger partial charge in [0.1, 0.15) is 11.5 Å². The maximum absolute atomic E-state index is 13.2. The molecule has 66 valence electrons. The summed E-state index contributed by atoms with van der Waals surface area (Å²) in [6, 6.07) is 2.92. The zero-order valence-electron chi connectivity index (χ0n) is 7.39. The fourth-order valence-electron chi connectivity index (χ4n) is 1.09. The molecule has 1 rings (SSSR count). The molecule has 1 aromatic carbocycles. The van der Waals surface area contributed by atoms with E-state index in [2.05, 4.69) is 5.73 Å². The number of hydrogen-bond donors (Lipinski definition) is 2. The molecule has 0 fully saturated rings. The van der Waals surface area contributed by atoms with Crippen molar-refractivity contribution in [2.45, 2.75) is 19.9 Å². The highest BCUT2D eigenvalue weighted by Crippen LogP contribution is 2.19. The van der Waals surface area contributed by atoms with Gasteiger partial charge in [0.25, 0.3) is 0 Å². The molecular formula is C9H14FN2+. The highest BCUT2D eigenvalue weighted by molar-refractivity contribution is 5.42. The molecule has 0 spiro atoms. The summed E-state index contributed by atoms with van der Waals surface area (Å²) in [5.41, 5.74) is 11.5. The number of hydrogen-bond acceptors (Lipinski definition) is 1. The van der Waals surface area contributed by atoms with E-state index in [0.29, 0.717) is 5.56 Å². The van der Waals surface area contributed by atoms with Gasteiger partial charge in [-0.25, -0.2) is 4.39 Å². The second-order valence-corrected chi connectivity index (χ2v) is 3.09. The third kappa shape index (κ3) is 1.62. The van der Waals surface area contributed by atoms with Crippen molar-refractivity contribution in [2.75, 3.05) is 0 Å². The minimum Gasteiger partial charge on any atom is -0.325 e. The molecule has 5 N–H and O–H groups in total. The Morgan fingerprint density at radius 1 is 1.50 bits per heavy atom. The number of benzene rings is 1. The first-order valence-electron chi connectivity index (χ1n) is 3.90. The number of rotatable bonds is 1. The summed E-state index contributed by atoms with van der Waals surface area (Å²) in [5.74, 6) is -0.263. The van der Waals surface area contributed by atoms with Crippen LogP contribution < -0.4 is 11.5 Å². The Hall–Kier alpha value is -0.930. The Kier molecular flexibility index (Phi) is 2.45. The van der Waals surface area contributed by atoms with E-state index in [1.807, 2.05) is 6.92 Å². The standard InChI is InChI=1S/C9H13FN2/c1-5-3-7(6(2)11)8(10)4-9(5)12/h3-4,6H,11-12H2,1-2H3/p+1. The molecule has 0 aromatic heterocycles. The third-order valence-electron chi connectivity index (χ3n) is 1.95. The van der Waals surface area contributed by atoms with Crippen molar-refractivity contribution in [1.29, 1.82) is 0 Å². The highest BCUT2D eigenvalue weighted by atomic mass is 19.1. The van der Waals surface area contributed by atoms with Gasteiger partial charge in [0.2, 0.25) is 0 Å². The van der Waals surface area contributed by atoms with E-state index >= 15 is 0 Å². The molecule has 2 nitrogen and oxygen atoms in total. The van der Waals surface area contributed by atoms with Crippen LogP contribution in [0.2, 0.25) is 0 Å². The van der Waals surface area contributed by atoms with Gasteiger partial charge in [-0.3, -0.25) is 0 Å². The number of aryl methyl sites for hydroxylation is 1. The Labute approximate surface area is 71.4 Å². The van der Waals surface area contributed by atoms with Gasteiger partial charge in [-0.1, -0.05) is 0 Å². The van der Waals surface area contributed by atoms with E-state index in [4.69, 9.17) is 5.73 Å². The quantitative estimate of drug-likeness (QED) is 0.648. The van der Waals surface area contributed by atoms with Gasteiger partial charge in [-0.2, -0.15) is 0 Å². The van der Waals surface area contributed by atoms with Crippen LogP contribution in [0.1, 0.15) is 24.1 Å². The lowest BCUT2D eigenvalue weighted by atomic mass is 10.0. The van der Waals surface area contributed by atoms with E-state index in [1.54, 1.807) is 13.0 Å². The summed E-state index contributed by atoms with van der Waals surface area (Å²) in [4.78, 5) is 0. The molecule has 12 heavy (non-hydrogen) atoms. The molecule has 1 atom stereocenters. The van der Waals surface area contributed by atoms with Crippen molar-refractivity contribution in [1.82, 2.24) is 0 Å². The van der Waals surface area contributed by atoms with Crippen molar-refractivity contribution in [3.63, 3.8) is 0 Å². The van der Waals surface area contributed by atoms with Crippen molar-refractivity contribution < 1.29 is 10.1 Å². The fourth-order valence-corrected chi connectivity index (χ4v) is 1.09. The molecule has 3 heteroatoms. The van der Waals surface area contributed by atoms with Gasteiger partial charge in [0, 0.05) is 23.2 Å². The van der Waals surface area contributed by atoms with Gasteiger partial charge in [-0.15, -0.1) is 0 Å². The van der Waals surface area contributed by atoms with Crippen LogP contribution in [0.15, 0.2) is 12.1 Å². The second kappa shape index (κ2) is 3.21. The smallest absolute Gasteiger partial charge is 0.133 e. The van der Waals surface area contributed by atoms with Crippen LogP contribution in [-0.4, -0.2) is 0 Å². The van der Waals surface area contributed by atoms with Crippen molar-refractivity contribution in [2.24, 2.45) is 5.73 Å². The maximum atomic E-state index is 13.2.